The summed E-state index contributed by atoms with van der Waals surface area (Å²) in [5.74, 6) is -0.201. The van der Waals surface area contributed by atoms with E-state index in [0.717, 1.165) is 6.54 Å². The molecular formula is C4H13NO3S. The summed E-state index contributed by atoms with van der Waals surface area (Å²) in [5.41, 5.74) is 4.85. The molecule has 3 N–H and O–H groups in total. The summed E-state index contributed by atoms with van der Waals surface area (Å²) < 4.78 is 26.9. The molecule has 0 atom stereocenters. The van der Waals surface area contributed by atoms with Crippen molar-refractivity contribution in [3.05, 3.63) is 0 Å². The minimum Gasteiger partial charge on any atom is -0.331 e. The molecule has 4 nitrogen and oxygen atoms in total. The summed E-state index contributed by atoms with van der Waals surface area (Å²) in [5, 5.41) is 0. The molecule has 58 valence electrons. The molecule has 5 heteroatoms. The fourth-order valence-electron chi connectivity index (χ4n) is 0. The topological polar surface area (TPSA) is 80.4 Å². The quantitative estimate of drug-likeness (QED) is 0.516. The summed E-state index contributed by atoms with van der Waals surface area (Å²) in [4.78, 5) is 0. The lowest BCUT2D eigenvalue weighted by Gasteiger charge is -1.79. The average Bonchev–Trinajstić information content (AvgIpc) is 1.67. The van der Waals surface area contributed by atoms with Crippen molar-refractivity contribution in [3.63, 3.8) is 0 Å². The molecule has 0 fully saturated rings. The van der Waals surface area contributed by atoms with Gasteiger partial charge in [0.25, 0.3) is 10.1 Å². The van der Waals surface area contributed by atoms with Crippen LogP contribution in [0.4, 0.5) is 0 Å². The van der Waals surface area contributed by atoms with Gasteiger partial charge in [0.1, 0.15) is 0 Å². The van der Waals surface area contributed by atoms with Gasteiger partial charge in [0, 0.05) is 0 Å². The second-order valence-corrected chi connectivity index (χ2v) is 3.02. The standard InChI is InChI=1S/C2H7N.C2H6O3S/c1-2-3;1-2-6(3,4)5/h2-3H2,1H3;2H2,1H3,(H,3,4,5). The van der Waals surface area contributed by atoms with E-state index in [0.29, 0.717) is 0 Å². The Bertz CT molecular complexity index is 129. The molecule has 0 amide bonds. The van der Waals surface area contributed by atoms with Crippen molar-refractivity contribution in [2.24, 2.45) is 5.73 Å². The van der Waals surface area contributed by atoms with E-state index < -0.39 is 10.1 Å². The molecule has 0 spiro atoms. The van der Waals surface area contributed by atoms with E-state index in [-0.39, 0.29) is 5.75 Å². The monoisotopic (exact) mass is 155 g/mol. The summed E-state index contributed by atoms with van der Waals surface area (Å²) in [6.07, 6.45) is 0. The van der Waals surface area contributed by atoms with Crippen molar-refractivity contribution in [1.82, 2.24) is 0 Å². The third kappa shape index (κ3) is 32.9. The van der Waals surface area contributed by atoms with Gasteiger partial charge < -0.3 is 5.73 Å². The minimum atomic E-state index is -3.66. The first-order valence-corrected chi connectivity index (χ1v) is 4.24. The van der Waals surface area contributed by atoms with Gasteiger partial charge in [0.2, 0.25) is 0 Å². The van der Waals surface area contributed by atoms with Gasteiger partial charge in [-0.05, 0) is 13.5 Å². The normalized spacial score (nSPS) is 9.78. The summed E-state index contributed by atoms with van der Waals surface area (Å²) >= 11 is 0. The minimum absolute atomic E-state index is 0.201. The Morgan fingerprint density at radius 2 is 1.56 bits per heavy atom. The van der Waals surface area contributed by atoms with Crippen LogP contribution in [0.2, 0.25) is 0 Å². The van der Waals surface area contributed by atoms with Crippen LogP contribution in [0, 0.1) is 0 Å². The third-order valence-corrected chi connectivity index (χ3v) is 1.09. The zero-order chi connectivity index (χ0) is 7.91. The fraction of sp³-hybridized carbons (Fsp3) is 1.00. The lowest BCUT2D eigenvalue weighted by Crippen LogP contribution is -1.97. The maximum Gasteiger partial charge on any atom is 0.264 e. The number of rotatable bonds is 1. The molecule has 0 bridgehead atoms. The molecule has 0 heterocycles. The van der Waals surface area contributed by atoms with Crippen LogP contribution in [0.15, 0.2) is 0 Å². The Morgan fingerprint density at radius 1 is 1.44 bits per heavy atom. The Labute approximate surface area is 55.8 Å². The van der Waals surface area contributed by atoms with Gasteiger partial charge in [-0.2, -0.15) is 8.42 Å². The van der Waals surface area contributed by atoms with Crippen LogP contribution in [0.3, 0.4) is 0 Å². The van der Waals surface area contributed by atoms with Crippen LogP contribution >= 0.6 is 0 Å². The van der Waals surface area contributed by atoms with Gasteiger partial charge in [0.05, 0.1) is 5.75 Å². The number of hydrogen-bond acceptors (Lipinski definition) is 3. The van der Waals surface area contributed by atoms with Crippen molar-refractivity contribution in [3.8, 4) is 0 Å². The number of hydrogen-bond donors (Lipinski definition) is 2. The third-order valence-electron chi connectivity index (χ3n) is 0.365. The average molecular weight is 155 g/mol. The maximum absolute atomic E-state index is 9.56. The van der Waals surface area contributed by atoms with E-state index in [2.05, 4.69) is 0 Å². The van der Waals surface area contributed by atoms with Crippen molar-refractivity contribution in [2.75, 3.05) is 12.3 Å². The highest BCUT2D eigenvalue weighted by Gasteiger charge is 1.93. The Balaban J connectivity index is 0. The molecule has 0 aromatic carbocycles. The Hall–Kier alpha value is -0.130. The van der Waals surface area contributed by atoms with E-state index in [4.69, 9.17) is 10.3 Å². The first kappa shape index (κ1) is 11.6. The van der Waals surface area contributed by atoms with Crippen LogP contribution in [0.5, 0.6) is 0 Å². The molecule has 9 heavy (non-hydrogen) atoms. The van der Waals surface area contributed by atoms with Crippen LogP contribution in [0.1, 0.15) is 13.8 Å². The maximum atomic E-state index is 9.56. The lowest BCUT2D eigenvalue weighted by molar-refractivity contribution is 0.484. The molecule has 0 aromatic heterocycles. The lowest BCUT2D eigenvalue weighted by atomic mass is 10.8. The Morgan fingerprint density at radius 3 is 1.56 bits per heavy atom. The smallest absolute Gasteiger partial charge is 0.264 e. The van der Waals surface area contributed by atoms with Gasteiger partial charge in [-0.15, -0.1) is 0 Å². The highest BCUT2D eigenvalue weighted by Crippen LogP contribution is 1.74. The van der Waals surface area contributed by atoms with Crippen molar-refractivity contribution < 1.29 is 13.0 Å². The first-order valence-electron chi connectivity index (χ1n) is 2.63. The summed E-state index contributed by atoms with van der Waals surface area (Å²) in [7, 11) is -3.66. The highest BCUT2D eigenvalue weighted by molar-refractivity contribution is 7.85. The van der Waals surface area contributed by atoms with Gasteiger partial charge in [0.15, 0.2) is 0 Å². The van der Waals surface area contributed by atoms with Crippen molar-refractivity contribution in [1.29, 1.82) is 0 Å². The predicted molar refractivity (Wildman–Crippen MR) is 36.8 cm³/mol. The zero-order valence-electron chi connectivity index (χ0n) is 5.66. The second-order valence-electron chi connectivity index (χ2n) is 1.28. The van der Waals surface area contributed by atoms with Gasteiger partial charge in [-0.25, -0.2) is 0 Å². The van der Waals surface area contributed by atoms with Crippen LogP contribution in [-0.4, -0.2) is 25.3 Å². The van der Waals surface area contributed by atoms with Gasteiger partial charge in [-0.1, -0.05) is 6.92 Å². The highest BCUT2D eigenvalue weighted by atomic mass is 32.2. The largest absolute Gasteiger partial charge is 0.331 e. The van der Waals surface area contributed by atoms with E-state index >= 15 is 0 Å². The molecule has 0 unspecified atom stereocenters. The molecule has 0 aliphatic carbocycles. The van der Waals surface area contributed by atoms with Crippen LogP contribution < -0.4 is 5.73 Å². The van der Waals surface area contributed by atoms with E-state index in [1.807, 2.05) is 6.92 Å². The van der Waals surface area contributed by atoms with Gasteiger partial charge in [-0.3, -0.25) is 4.55 Å². The van der Waals surface area contributed by atoms with E-state index in [1.165, 1.54) is 6.92 Å². The summed E-state index contributed by atoms with van der Waals surface area (Å²) in [6.45, 7) is 4.02. The molecule has 0 aliphatic heterocycles. The van der Waals surface area contributed by atoms with E-state index in [9.17, 15) is 8.42 Å². The fourth-order valence-corrected chi connectivity index (χ4v) is 0. The predicted octanol–water partition coefficient (Wildman–Crippen LogP) is -0.141. The molecule has 0 saturated carbocycles. The van der Waals surface area contributed by atoms with E-state index in [1.54, 1.807) is 0 Å². The Kier molecular flexibility index (Phi) is 7.76. The zero-order valence-corrected chi connectivity index (χ0v) is 6.48. The van der Waals surface area contributed by atoms with Crippen LogP contribution in [0.25, 0.3) is 0 Å². The molecule has 0 aliphatic rings. The van der Waals surface area contributed by atoms with Crippen molar-refractivity contribution >= 4 is 10.1 Å². The van der Waals surface area contributed by atoms with Crippen molar-refractivity contribution in [2.45, 2.75) is 13.8 Å². The molecule has 0 radical (unpaired) electrons. The second kappa shape index (κ2) is 6.00. The SMILES string of the molecule is CCN.CCS(=O)(=O)O. The van der Waals surface area contributed by atoms with Gasteiger partial charge >= 0.3 is 0 Å². The molecular weight excluding hydrogens is 142 g/mol. The number of nitrogens with two attached hydrogens (primary N) is 1. The molecule has 0 rings (SSSR count). The summed E-state index contributed by atoms with van der Waals surface area (Å²) in [6, 6.07) is 0. The first-order chi connectivity index (χ1) is 3.97. The molecule has 0 aromatic rings. The molecule has 0 saturated heterocycles. The van der Waals surface area contributed by atoms with Crippen LogP contribution in [-0.2, 0) is 10.1 Å².